The summed E-state index contributed by atoms with van der Waals surface area (Å²) in [5, 5.41) is 11.7. The van der Waals surface area contributed by atoms with E-state index >= 15 is 0 Å². The van der Waals surface area contributed by atoms with Crippen molar-refractivity contribution in [1.29, 1.82) is 0 Å². The lowest BCUT2D eigenvalue weighted by Gasteiger charge is -2.17. The average Bonchev–Trinajstić information content (AvgIpc) is 2.36. The minimum atomic E-state index is -1.14. The predicted octanol–water partition coefficient (Wildman–Crippen LogP) is 2.24. The molecule has 1 rings (SSSR count). The molecule has 2 N–H and O–H groups in total. The number of benzene rings is 1. The molecule has 0 radical (unpaired) electrons. The van der Waals surface area contributed by atoms with E-state index in [0.717, 1.165) is 18.2 Å². The van der Waals surface area contributed by atoms with Gasteiger partial charge in [-0.2, -0.15) is 0 Å². The molecule has 20 heavy (non-hydrogen) atoms. The van der Waals surface area contributed by atoms with Crippen LogP contribution in [0.15, 0.2) is 18.2 Å². The maximum Gasteiger partial charge on any atom is 0.305 e. The smallest absolute Gasteiger partial charge is 0.305 e. The van der Waals surface area contributed by atoms with Crippen LogP contribution in [0.1, 0.15) is 30.6 Å². The van der Waals surface area contributed by atoms with E-state index in [9.17, 15) is 18.4 Å². The molecular formula is C14H17F2NO3. The molecule has 0 saturated carbocycles. The average molecular weight is 285 g/mol. The predicted molar refractivity (Wildman–Crippen MR) is 69.6 cm³/mol. The molecule has 0 saturated heterocycles. The molecule has 0 aliphatic heterocycles. The van der Waals surface area contributed by atoms with E-state index < -0.39 is 35.8 Å². The standard InChI is InChI=1S/C14H17F2NO3/c1-8(2)7-17-12(6-13(18)19)14(20)9-3-4-10(15)11(16)5-9/h3-5,8,12,17H,6-7H2,1-2H3,(H,18,19). The van der Waals surface area contributed by atoms with Crippen molar-refractivity contribution < 1.29 is 23.5 Å². The molecule has 1 aromatic rings. The van der Waals surface area contributed by atoms with Crippen LogP contribution in [0.5, 0.6) is 0 Å². The second-order valence-electron chi connectivity index (χ2n) is 4.95. The molecule has 0 fully saturated rings. The Morgan fingerprint density at radius 1 is 1.25 bits per heavy atom. The second kappa shape index (κ2) is 7.09. The van der Waals surface area contributed by atoms with Gasteiger partial charge in [0.1, 0.15) is 0 Å². The lowest BCUT2D eigenvalue weighted by Crippen LogP contribution is -2.40. The Labute approximate surface area is 115 Å². The van der Waals surface area contributed by atoms with Gasteiger partial charge in [-0.05, 0) is 30.7 Å². The largest absolute Gasteiger partial charge is 0.481 e. The Morgan fingerprint density at radius 3 is 2.40 bits per heavy atom. The van der Waals surface area contributed by atoms with E-state index in [1.807, 2.05) is 13.8 Å². The highest BCUT2D eigenvalue weighted by atomic mass is 19.2. The maximum atomic E-state index is 13.1. The number of aliphatic carboxylic acids is 1. The van der Waals surface area contributed by atoms with Crippen molar-refractivity contribution in [3.8, 4) is 0 Å². The van der Waals surface area contributed by atoms with Crippen molar-refractivity contribution in [3.63, 3.8) is 0 Å². The number of nitrogens with one attached hydrogen (secondary N) is 1. The Kier molecular flexibility index (Phi) is 5.76. The number of halogens is 2. The molecule has 0 aromatic heterocycles. The van der Waals surface area contributed by atoms with E-state index in [1.165, 1.54) is 0 Å². The van der Waals surface area contributed by atoms with Crippen molar-refractivity contribution in [2.24, 2.45) is 5.92 Å². The van der Waals surface area contributed by atoms with E-state index in [4.69, 9.17) is 5.11 Å². The van der Waals surface area contributed by atoms with Crippen molar-refractivity contribution >= 4 is 11.8 Å². The number of carboxylic acids is 1. The Balaban J connectivity index is 2.90. The molecule has 6 heteroatoms. The highest BCUT2D eigenvalue weighted by molar-refractivity contribution is 6.01. The Morgan fingerprint density at radius 2 is 1.90 bits per heavy atom. The zero-order valence-electron chi connectivity index (χ0n) is 11.3. The van der Waals surface area contributed by atoms with Crippen LogP contribution in [0.4, 0.5) is 8.78 Å². The number of hydrogen-bond donors (Lipinski definition) is 2. The summed E-state index contributed by atoms with van der Waals surface area (Å²) in [6.45, 7) is 4.27. The third kappa shape index (κ3) is 4.70. The lowest BCUT2D eigenvalue weighted by molar-refractivity contribution is -0.137. The fourth-order valence-corrected chi connectivity index (χ4v) is 1.66. The fraction of sp³-hybridized carbons (Fsp3) is 0.429. The first-order chi connectivity index (χ1) is 9.31. The van der Waals surface area contributed by atoms with Crippen LogP contribution in [0, 0.1) is 17.6 Å². The number of Topliss-reactive ketones (excluding diaryl/α,β-unsaturated/α-hetero) is 1. The van der Waals surface area contributed by atoms with Gasteiger partial charge in [-0.1, -0.05) is 13.8 Å². The lowest BCUT2D eigenvalue weighted by atomic mass is 10.0. The Bertz CT molecular complexity index is 503. The van der Waals surface area contributed by atoms with Gasteiger partial charge >= 0.3 is 5.97 Å². The van der Waals surface area contributed by atoms with Crippen LogP contribution >= 0.6 is 0 Å². The zero-order valence-corrected chi connectivity index (χ0v) is 11.3. The molecule has 4 nitrogen and oxygen atoms in total. The molecule has 1 aromatic carbocycles. The summed E-state index contributed by atoms with van der Waals surface area (Å²) in [4.78, 5) is 22.9. The first-order valence-corrected chi connectivity index (χ1v) is 6.25. The quantitative estimate of drug-likeness (QED) is 0.754. The second-order valence-corrected chi connectivity index (χ2v) is 4.95. The minimum absolute atomic E-state index is 0.0496. The molecule has 1 unspecified atom stereocenters. The highest BCUT2D eigenvalue weighted by Crippen LogP contribution is 2.12. The molecule has 110 valence electrons. The van der Waals surface area contributed by atoms with Crippen molar-refractivity contribution in [2.45, 2.75) is 26.3 Å². The summed E-state index contributed by atoms with van der Waals surface area (Å²) in [6.07, 6.45) is -0.412. The molecular weight excluding hydrogens is 268 g/mol. The van der Waals surface area contributed by atoms with Gasteiger partial charge < -0.3 is 10.4 Å². The topological polar surface area (TPSA) is 66.4 Å². The molecule has 0 bridgehead atoms. The van der Waals surface area contributed by atoms with E-state index in [0.29, 0.717) is 6.54 Å². The summed E-state index contributed by atoms with van der Waals surface area (Å²) in [6, 6.07) is 1.82. The monoisotopic (exact) mass is 285 g/mol. The first-order valence-electron chi connectivity index (χ1n) is 6.25. The van der Waals surface area contributed by atoms with Crippen LogP contribution in [0.3, 0.4) is 0 Å². The third-order valence-corrected chi connectivity index (χ3v) is 2.67. The molecule has 0 heterocycles. The molecule has 1 atom stereocenters. The zero-order chi connectivity index (χ0) is 15.3. The van der Waals surface area contributed by atoms with Crippen molar-refractivity contribution in [2.75, 3.05) is 6.54 Å². The summed E-state index contributed by atoms with van der Waals surface area (Å²) < 4.78 is 25.9. The molecule has 0 aliphatic carbocycles. The van der Waals surface area contributed by atoms with Gasteiger partial charge in [0.05, 0.1) is 12.5 Å². The van der Waals surface area contributed by atoms with Crippen LogP contribution < -0.4 is 5.32 Å². The number of carboxylic acid groups (broad SMARTS) is 1. The SMILES string of the molecule is CC(C)CNC(CC(=O)O)C(=O)c1ccc(F)c(F)c1. The van der Waals surface area contributed by atoms with Gasteiger partial charge in [-0.15, -0.1) is 0 Å². The first kappa shape index (κ1) is 16.2. The maximum absolute atomic E-state index is 13.1. The van der Waals surface area contributed by atoms with Crippen LogP contribution in [0.2, 0.25) is 0 Å². The third-order valence-electron chi connectivity index (χ3n) is 2.67. The summed E-state index contributed by atoms with van der Waals surface area (Å²) in [5.41, 5.74) is -0.0496. The van der Waals surface area contributed by atoms with Crippen LogP contribution in [-0.2, 0) is 4.79 Å². The van der Waals surface area contributed by atoms with Crippen molar-refractivity contribution in [1.82, 2.24) is 5.32 Å². The summed E-state index contributed by atoms with van der Waals surface area (Å²) >= 11 is 0. The van der Waals surface area contributed by atoms with Gasteiger partial charge in [0.25, 0.3) is 0 Å². The highest BCUT2D eigenvalue weighted by Gasteiger charge is 2.23. The molecule has 0 spiro atoms. The summed E-state index contributed by atoms with van der Waals surface area (Å²) in [5.74, 6) is -3.65. The number of carbonyl (C=O) groups is 2. The van der Waals surface area contributed by atoms with Gasteiger partial charge in [0.2, 0.25) is 0 Å². The number of ketones is 1. The van der Waals surface area contributed by atoms with Crippen molar-refractivity contribution in [3.05, 3.63) is 35.4 Å². The summed E-state index contributed by atoms with van der Waals surface area (Å²) in [7, 11) is 0. The van der Waals surface area contributed by atoms with E-state index in [1.54, 1.807) is 0 Å². The molecule has 0 amide bonds. The van der Waals surface area contributed by atoms with Crippen LogP contribution in [0.25, 0.3) is 0 Å². The van der Waals surface area contributed by atoms with E-state index in [-0.39, 0.29) is 11.5 Å². The number of rotatable bonds is 7. The van der Waals surface area contributed by atoms with Crippen LogP contribution in [-0.4, -0.2) is 29.4 Å². The van der Waals surface area contributed by atoms with Gasteiger partial charge in [-0.25, -0.2) is 8.78 Å². The molecule has 0 aliphatic rings. The minimum Gasteiger partial charge on any atom is -0.481 e. The van der Waals surface area contributed by atoms with E-state index in [2.05, 4.69) is 5.32 Å². The number of carbonyl (C=O) groups excluding carboxylic acids is 1. The number of hydrogen-bond acceptors (Lipinski definition) is 3. The van der Waals surface area contributed by atoms with Gasteiger partial charge in [-0.3, -0.25) is 9.59 Å². The Hall–Kier alpha value is -1.82. The van der Waals surface area contributed by atoms with Gasteiger partial charge in [0.15, 0.2) is 17.4 Å². The van der Waals surface area contributed by atoms with Gasteiger partial charge in [0, 0.05) is 5.56 Å². The fourth-order valence-electron chi connectivity index (χ4n) is 1.66. The normalized spacial score (nSPS) is 12.4.